The monoisotopic (exact) mass is 363 g/mol. The average Bonchev–Trinajstić information content (AvgIpc) is 2.88. The average molecular weight is 363 g/mol. The van der Waals surface area contributed by atoms with Crippen molar-refractivity contribution in [2.45, 2.75) is 25.5 Å². The summed E-state index contributed by atoms with van der Waals surface area (Å²) in [4.78, 5) is 12.3. The van der Waals surface area contributed by atoms with Crippen LogP contribution < -0.4 is 5.32 Å². The Bertz CT molecular complexity index is 932. The molecule has 4 nitrogen and oxygen atoms in total. The van der Waals surface area contributed by atoms with Gasteiger partial charge in [0, 0.05) is 5.56 Å². The third kappa shape index (κ3) is 3.03. The molecule has 1 N–H and O–H groups in total. The van der Waals surface area contributed by atoms with Crippen LogP contribution in [0.5, 0.6) is 0 Å². The number of amides is 1. The van der Waals surface area contributed by atoms with E-state index in [9.17, 15) is 4.79 Å². The van der Waals surface area contributed by atoms with Gasteiger partial charge in [0.15, 0.2) is 0 Å². The van der Waals surface area contributed by atoms with E-state index in [4.69, 9.17) is 5.10 Å². The second-order valence-corrected chi connectivity index (χ2v) is 7.52. The predicted molar refractivity (Wildman–Crippen MR) is 107 cm³/mol. The van der Waals surface area contributed by atoms with Crippen molar-refractivity contribution in [1.82, 2.24) is 9.78 Å². The van der Waals surface area contributed by atoms with E-state index in [1.165, 1.54) is 11.1 Å². The van der Waals surface area contributed by atoms with Crippen LogP contribution >= 0.6 is 11.8 Å². The standard InChI is InChI=1S/C21H21N3OS/c1-3-15-9-11-17(12-10-15)24-21-19(14(2)23-24)20(26-13-18(25)22-21)16-7-5-4-6-8-16/h4-12,20H,3,13H2,1-2H3,(H,22,25). The van der Waals surface area contributed by atoms with Gasteiger partial charge in [-0.3, -0.25) is 4.79 Å². The fourth-order valence-electron chi connectivity index (χ4n) is 3.33. The molecule has 0 aliphatic carbocycles. The largest absolute Gasteiger partial charge is 0.310 e. The number of rotatable bonds is 3. The summed E-state index contributed by atoms with van der Waals surface area (Å²) in [6, 6.07) is 18.7. The van der Waals surface area contributed by atoms with E-state index in [0.717, 1.165) is 29.2 Å². The van der Waals surface area contributed by atoms with Crippen LogP contribution in [0.4, 0.5) is 5.82 Å². The maximum Gasteiger partial charge on any atom is 0.235 e. The van der Waals surface area contributed by atoms with Crippen LogP contribution in [0.15, 0.2) is 54.6 Å². The molecule has 132 valence electrons. The van der Waals surface area contributed by atoms with Crippen LogP contribution in [0.25, 0.3) is 5.69 Å². The lowest BCUT2D eigenvalue weighted by molar-refractivity contribution is -0.113. The molecule has 1 aliphatic heterocycles. The van der Waals surface area contributed by atoms with Crippen molar-refractivity contribution in [3.63, 3.8) is 0 Å². The second kappa shape index (κ2) is 7.00. The van der Waals surface area contributed by atoms with Crippen molar-refractivity contribution in [1.29, 1.82) is 0 Å². The van der Waals surface area contributed by atoms with Crippen molar-refractivity contribution in [2.24, 2.45) is 0 Å². The van der Waals surface area contributed by atoms with Crippen LogP contribution in [0.3, 0.4) is 0 Å². The Hall–Kier alpha value is -2.53. The zero-order chi connectivity index (χ0) is 18.1. The normalized spacial score (nSPS) is 16.7. The third-order valence-corrected chi connectivity index (χ3v) is 5.97. The molecule has 0 radical (unpaired) electrons. The summed E-state index contributed by atoms with van der Waals surface area (Å²) in [5.74, 6) is 1.24. The lowest BCUT2D eigenvalue weighted by atomic mass is 10.0. The van der Waals surface area contributed by atoms with Crippen molar-refractivity contribution in [3.05, 3.63) is 77.0 Å². The van der Waals surface area contributed by atoms with E-state index in [1.807, 2.05) is 29.8 Å². The molecule has 3 aromatic rings. The number of carbonyl (C=O) groups excluding carboxylic acids is 1. The zero-order valence-corrected chi connectivity index (χ0v) is 15.7. The smallest absolute Gasteiger partial charge is 0.235 e. The molecule has 1 aromatic heterocycles. The first kappa shape index (κ1) is 16.9. The molecule has 0 saturated carbocycles. The van der Waals surface area contributed by atoms with Gasteiger partial charge in [0.1, 0.15) is 5.82 Å². The number of fused-ring (bicyclic) bond motifs is 1. The van der Waals surface area contributed by atoms with Crippen LogP contribution in [0.2, 0.25) is 0 Å². The van der Waals surface area contributed by atoms with Gasteiger partial charge in [-0.15, -0.1) is 11.8 Å². The minimum atomic E-state index is 0.0148. The first-order valence-electron chi connectivity index (χ1n) is 8.82. The molecule has 4 rings (SSSR count). The zero-order valence-electron chi connectivity index (χ0n) is 14.9. The molecule has 1 unspecified atom stereocenters. The number of carbonyl (C=O) groups is 1. The number of benzene rings is 2. The van der Waals surface area contributed by atoms with E-state index in [0.29, 0.717) is 5.75 Å². The topological polar surface area (TPSA) is 46.9 Å². The van der Waals surface area contributed by atoms with Crippen molar-refractivity contribution >= 4 is 23.5 Å². The summed E-state index contributed by atoms with van der Waals surface area (Å²) in [5.41, 5.74) is 5.48. The Labute approximate surface area is 157 Å². The van der Waals surface area contributed by atoms with Gasteiger partial charge in [0.25, 0.3) is 0 Å². The van der Waals surface area contributed by atoms with E-state index in [2.05, 4.69) is 48.6 Å². The summed E-state index contributed by atoms with van der Waals surface area (Å²) in [6.07, 6.45) is 1.000. The van der Waals surface area contributed by atoms with Crippen molar-refractivity contribution in [3.8, 4) is 5.69 Å². The molecule has 1 aliphatic rings. The third-order valence-electron chi connectivity index (χ3n) is 4.70. The van der Waals surface area contributed by atoms with Crippen LogP contribution in [0.1, 0.15) is 34.6 Å². The Kier molecular flexibility index (Phi) is 4.55. The van der Waals surface area contributed by atoms with Crippen LogP contribution in [-0.2, 0) is 11.2 Å². The van der Waals surface area contributed by atoms with Gasteiger partial charge in [-0.05, 0) is 36.6 Å². The maximum atomic E-state index is 12.3. The van der Waals surface area contributed by atoms with Gasteiger partial charge in [0.05, 0.1) is 22.4 Å². The number of aromatic nitrogens is 2. The Morgan fingerprint density at radius 2 is 1.88 bits per heavy atom. The molecule has 2 heterocycles. The van der Waals surface area contributed by atoms with Gasteiger partial charge >= 0.3 is 0 Å². The molecule has 5 heteroatoms. The molecule has 2 aromatic carbocycles. The Balaban J connectivity index is 1.85. The lowest BCUT2D eigenvalue weighted by Crippen LogP contribution is -2.15. The molecule has 26 heavy (non-hydrogen) atoms. The summed E-state index contributed by atoms with van der Waals surface area (Å²) in [7, 11) is 0. The van der Waals surface area contributed by atoms with E-state index in [1.54, 1.807) is 11.8 Å². The Morgan fingerprint density at radius 3 is 2.58 bits per heavy atom. The highest BCUT2D eigenvalue weighted by molar-refractivity contribution is 8.00. The van der Waals surface area contributed by atoms with E-state index in [-0.39, 0.29) is 11.2 Å². The molecule has 1 atom stereocenters. The molecule has 0 fully saturated rings. The molecule has 0 bridgehead atoms. The Morgan fingerprint density at radius 1 is 1.15 bits per heavy atom. The minimum Gasteiger partial charge on any atom is -0.310 e. The van der Waals surface area contributed by atoms with Crippen molar-refractivity contribution in [2.75, 3.05) is 11.1 Å². The molecule has 1 amide bonds. The minimum absolute atomic E-state index is 0.0148. The summed E-state index contributed by atoms with van der Waals surface area (Å²) in [5, 5.41) is 7.93. The van der Waals surface area contributed by atoms with E-state index < -0.39 is 0 Å². The number of nitrogens with zero attached hydrogens (tertiary/aromatic N) is 2. The van der Waals surface area contributed by atoms with Gasteiger partial charge in [-0.1, -0.05) is 49.4 Å². The van der Waals surface area contributed by atoms with E-state index >= 15 is 0 Å². The molecule has 0 saturated heterocycles. The highest BCUT2D eigenvalue weighted by Crippen LogP contribution is 2.43. The molecule has 0 spiro atoms. The summed E-state index contributed by atoms with van der Waals surface area (Å²) < 4.78 is 1.86. The van der Waals surface area contributed by atoms with Crippen molar-refractivity contribution < 1.29 is 4.79 Å². The highest BCUT2D eigenvalue weighted by Gasteiger charge is 2.30. The quantitative estimate of drug-likeness (QED) is 0.744. The molecular formula is C21H21N3OS. The number of anilines is 1. The number of thioether (sulfide) groups is 1. The van der Waals surface area contributed by atoms with Crippen LogP contribution in [-0.4, -0.2) is 21.4 Å². The maximum absolute atomic E-state index is 12.3. The highest BCUT2D eigenvalue weighted by atomic mass is 32.2. The van der Waals surface area contributed by atoms with Gasteiger partial charge in [-0.2, -0.15) is 5.10 Å². The van der Waals surface area contributed by atoms with Gasteiger partial charge in [-0.25, -0.2) is 4.68 Å². The van der Waals surface area contributed by atoms with Gasteiger partial charge < -0.3 is 5.32 Å². The SMILES string of the molecule is CCc1ccc(-n2nc(C)c3c2NC(=O)CSC3c2ccccc2)cc1. The lowest BCUT2D eigenvalue weighted by Gasteiger charge is -2.15. The predicted octanol–water partition coefficient (Wildman–Crippen LogP) is 4.52. The summed E-state index contributed by atoms with van der Waals surface area (Å²) in [6.45, 7) is 4.16. The fourth-order valence-corrected chi connectivity index (χ4v) is 4.52. The summed E-state index contributed by atoms with van der Waals surface area (Å²) >= 11 is 1.65. The number of nitrogens with one attached hydrogen (secondary N) is 1. The van der Waals surface area contributed by atoms with Gasteiger partial charge in [0.2, 0.25) is 5.91 Å². The molecular weight excluding hydrogens is 342 g/mol. The first-order valence-corrected chi connectivity index (χ1v) is 9.87. The number of hydrogen-bond acceptors (Lipinski definition) is 3. The van der Waals surface area contributed by atoms with Crippen LogP contribution in [0, 0.1) is 6.92 Å². The number of aryl methyl sites for hydroxylation is 2. The first-order chi connectivity index (χ1) is 12.7. The second-order valence-electron chi connectivity index (χ2n) is 6.43. The number of hydrogen-bond donors (Lipinski definition) is 1. The fraction of sp³-hybridized carbons (Fsp3) is 0.238.